The van der Waals surface area contributed by atoms with E-state index >= 15 is 0 Å². The molecule has 1 N–H and O–H groups in total. The molecule has 0 aromatic carbocycles. The Morgan fingerprint density at radius 3 is 2.40 bits per heavy atom. The van der Waals surface area contributed by atoms with Gasteiger partial charge in [-0.25, -0.2) is 9.97 Å². The lowest BCUT2D eigenvalue weighted by molar-refractivity contribution is 0.794. The van der Waals surface area contributed by atoms with Crippen LogP contribution < -0.4 is 5.32 Å². The van der Waals surface area contributed by atoms with Crippen molar-refractivity contribution in [1.29, 1.82) is 0 Å². The quantitative estimate of drug-likeness (QED) is 0.779. The molecule has 0 radical (unpaired) electrons. The van der Waals surface area contributed by atoms with Crippen molar-refractivity contribution in [3.05, 3.63) is 17.6 Å². The molecule has 1 aromatic rings. The summed E-state index contributed by atoms with van der Waals surface area (Å²) in [6, 6.07) is 2.06. The fourth-order valence-electron chi connectivity index (χ4n) is 1.54. The van der Waals surface area contributed by atoms with E-state index in [0.717, 1.165) is 49.6 Å². The van der Waals surface area contributed by atoms with Crippen LogP contribution in [0.25, 0.3) is 0 Å². The predicted molar refractivity (Wildman–Crippen MR) is 64.2 cm³/mol. The second-order valence-electron chi connectivity index (χ2n) is 3.69. The summed E-state index contributed by atoms with van der Waals surface area (Å²) in [6.07, 6.45) is 4.24. The maximum atomic E-state index is 4.54. The van der Waals surface area contributed by atoms with Gasteiger partial charge in [0, 0.05) is 24.7 Å². The van der Waals surface area contributed by atoms with Gasteiger partial charge in [-0.3, -0.25) is 0 Å². The maximum Gasteiger partial charge on any atom is 0.130 e. The van der Waals surface area contributed by atoms with Crippen molar-refractivity contribution in [1.82, 2.24) is 9.97 Å². The molecule has 1 heterocycles. The molecule has 0 atom stereocenters. The third-order valence-corrected chi connectivity index (χ3v) is 2.16. The van der Waals surface area contributed by atoms with Gasteiger partial charge in [0.05, 0.1) is 0 Å². The summed E-state index contributed by atoms with van der Waals surface area (Å²) in [4.78, 5) is 9.02. The van der Waals surface area contributed by atoms with Gasteiger partial charge in [-0.2, -0.15) is 0 Å². The zero-order valence-electron chi connectivity index (χ0n) is 10.0. The molecule has 3 nitrogen and oxygen atoms in total. The first-order valence-corrected chi connectivity index (χ1v) is 5.90. The van der Waals surface area contributed by atoms with Crippen LogP contribution in [-0.4, -0.2) is 16.5 Å². The van der Waals surface area contributed by atoms with Gasteiger partial charge in [0.2, 0.25) is 0 Å². The van der Waals surface area contributed by atoms with Crippen molar-refractivity contribution >= 4 is 5.82 Å². The molecule has 0 saturated heterocycles. The molecule has 1 rings (SSSR count). The minimum atomic E-state index is 0.911. The number of rotatable bonds is 6. The minimum absolute atomic E-state index is 0.911. The van der Waals surface area contributed by atoms with E-state index < -0.39 is 0 Å². The Balaban J connectivity index is 2.86. The first kappa shape index (κ1) is 12.0. The van der Waals surface area contributed by atoms with Gasteiger partial charge in [0.1, 0.15) is 11.6 Å². The van der Waals surface area contributed by atoms with Gasteiger partial charge < -0.3 is 5.32 Å². The van der Waals surface area contributed by atoms with E-state index in [2.05, 4.69) is 42.1 Å². The van der Waals surface area contributed by atoms with Gasteiger partial charge >= 0.3 is 0 Å². The number of aromatic nitrogens is 2. The lowest BCUT2D eigenvalue weighted by Crippen LogP contribution is -2.06. The second-order valence-corrected chi connectivity index (χ2v) is 3.69. The Bertz CT molecular complexity index is 237. The van der Waals surface area contributed by atoms with Gasteiger partial charge in [0.15, 0.2) is 0 Å². The van der Waals surface area contributed by atoms with E-state index in [1.165, 1.54) is 0 Å². The van der Waals surface area contributed by atoms with Crippen molar-refractivity contribution in [2.45, 2.75) is 46.5 Å². The molecule has 15 heavy (non-hydrogen) atoms. The smallest absolute Gasteiger partial charge is 0.130 e. The number of hydrogen-bond acceptors (Lipinski definition) is 3. The molecule has 0 fully saturated rings. The summed E-state index contributed by atoms with van der Waals surface area (Å²) in [5.41, 5.74) is 1.16. The molecule has 0 aliphatic heterocycles. The number of hydrogen-bond donors (Lipinski definition) is 1. The largest absolute Gasteiger partial charge is 0.370 e. The van der Waals surface area contributed by atoms with Crippen molar-refractivity contribution in [3.63, 3.8) is 0 Å². The van der Waals surface area contributed by atoms with Gasteiger partial charge in [-0.15, -0.1) is 0 Å². The molecular formula is C12H21N3. The highest BCUT2D eigenvalue weighted by Gasteiger charge is 2.02. The predicted octanol–water partition coefficient (Wildman–Crippen LogP) is 2.81. The molecule has 0 aliphatic rings. The molecule has 0 amide bonds. The Kier molecular flexibility index (Phi) is 5.08. The van der Waals surface area contributed by atoms with Crippen molar-refractivity contribution in [2.75, 3.05) is 11.9 Å². The Hall–Kier alpha value is -1.12. The van der Waals surface area contributed by atoms with Crippen molar-refractivity contribution in [2.24, 2.45) is 0 Å². The summed E-state index contributed by atoms with van der Waals surface area (Å²) >= 11 is 0. The summed E-state index contributed by atoms with van der Waals surface area (Å²) in [7, 11) is 0. The Morgan fingerprint density at radius 1 is 1.07 bits per heavy atom. The normalized spacial score (nSPS) is 10.3. The van der Waals surface area contributed by atoms with Crippen LogP contribution in [0.15, 0.2) is 6.07 Å². The molecule has 84 valence electrons. The summed E-state index contributed by atoms with van der Waals surface area (Å²) < 4.78 is 0. The lowest BCUT2D eigenvalue weighted by Gasteiger charge is -2.07. The van der Waals surface area contributed by atoms with E-state index in [1.807, 2.05) is 0 Å². The highest BCUT2D eigenvalue weighted by atomic mass is 15.0. The first-order valence-electron chi connectivity index (χ1n) is 5.90. The van der Waals surface area contributed by atoms with Crippen LogP contribution in [0.3, 0.4) is 0 Å². The Morgan fingerprint density at radius 2 is 1.80 bits per heavy atom. The maximum absolute atomic E-state index is 4.54. The monoisotopic (exact) mass is 207 g/mol. The van der Waals surface area contributed by atoms with Crippen LogP contribution in [0.5, 0.6) is 0 Å². The first-order chi connectivity index (χ1) is 7.30. The molecule has 0 saturated carbocycles. The fraction of sp³-hybridized carbons (Fsp3) is 0.667. The van der Waals surface area contributed by atoms with E-state index in [9.17, 15) is 0 Å². The topological polar surface area (TPSA) is 37.8 Å². The molecule has 3 heteroatoms. The summed E-state index contributed by atoms with van der Waals surface area (Å²) in [5.74, 6) is 1.94. The highest BCUT2D eigenvalue weighted by Crippen LogP contribution is 2.09. The third-order valence-electron chi connectivity index (χ3n) is 2.16. The number of nitrogens with one attached hydrogen (secondary N) is 1. The average molecular weight is 207 g/mol. The molecule has 1 aromatic heterocycles. The van der Waals surface area contributed by atoms with Crippen LogP contribution in [0.1, 0.15) is 45.1 Å². The molecular weight excluding hydrogens is 186 g/mol. The average Bonchev–Trinajstić information content (AvgIpc) is 2.19. The van der Waals surface area contributed by atoms with Crippen LogP contribution in [0.4, 0.5) is 5.82 Å². The van der Waals surface area contributed by atoms with E-state index in [1.54, 1.807) is 0 Å². The summed E-state index contributed by atoms with van der Waals surface area (Å²) in [6.45, 7) is 7.33. The van der Waals surface area contributed by atoms with Gasteiger partial charge in [0.25, 0.3) is 0 Å². The van der Waals surface area contributed by atoms with Gasteiger partial charge in [-0.05, 0) is 19.8 Å². The number of nitrogens with zero attached hydrogens (tertiary/aromatic N) is 2. The van der Waals surface area contributed by atoms with E-state index in [4.69, 9.17) is 0 Å². The zero-order chi connectivity index (χ0) is 11.1. The second kappa shape index (κ2) is 6.38. The SMILES string of the molecule is CCCc1cc(NCC)nc(CCC)n1. The van der Waals surface area contributed by atoms with Crippen molar-refractivity contribution < 1.29 is 0 Å². The minimum Gasteiger partial charge on any atom is -0.370 e. The van der Waals surface area contributed by atoms with Crippen LogP contribution in [0, 0.1) is 0 Å². The molecule has 0 bridgehead atoms. The fourth-order valence-corrected chi connectivity index (χ4v) is 1.54. The summed E-state index contributed by atoms with van der Waals surface area (Å²) in [5, 5.41) is 3.25. The van der Waals surface area contributed by atoms with Gasteiger partial charge in [-0.1, -0.05) is 20.3 Å². The lowest BCUT2D eigenvalue weighted by atomic mass is 10.2. The standard InChI is InChI=1S/C12H21N3/c1-4-7-10-9-12(13-6-3)15-11(14-10)8-5-2/h9H,4-8H2,1-3H3,(H,13,14,15). The van der Waals surface area contributed by atoms with E-state index in [-0.39, 0.29) is 0 Å². The highest BCUT2D eigenvalue weighted by molar-refractivity contribution is 5.36. The van der Waals surface area contributed by atoms with Crippen molar-refractivity contribution in [3.8, 4) is 0 Å². The molecule has 0 aliphatic carbocycles. The van der Waals surface area contributed by atoms with Crippen LogP contribution in [0.2, 0.25) is 0 Å². The Labute approximate surface area is 92.3 Å². The third kappa shape index (κ3) is 3.86. The zero-order valence-corrected chi connectivity index (χ0v) is 10.0. The van der Waals surface area contributed by atoms with E-state index in [0.29, 0.717) is 0 Å². The molecule has 0 unspecified atom stereocenters. The van der Waals surface area contributed by atoms with Crippen LogP contribution in [-0.2, 0) is 12.8 Å². The number of anilines is 1. The van der Waals surface area contributed by atoms with Crippen LogP contribution >= 0.6 is 0 Å². The number of aryl methyl sites for hydroxylation is 2. The molecule has 0 spiro atoms.